The van der Waals surface area contributed by atoms with E-state index in [1.807, 2.05) is 41.5 Å². The number of nitrogens with zero attached hydrogens (tertiary/aromatic N) is 5. The molecule has 24 heavy (non-hydrogen) atoms. The first-order chi connectivity index (χ1) is 11.6. The maximum Gasteiger partial charge on any atom is 0.223 e. The Kier molecular flexibility index (Phi) is 3.92. The van der Waals surface area contributed by atoms with Gasteiger partial charge in [0.1, 0.15) is 5.01 Å². The minimum absolute atomic E-state index is 0.0561. The van der Waals surface area contributed by atoms with Crippen molar-refractivity contribution in [1.29, 1.82) is 0 Å². The highest BCUT2D eigenvalue weighted by Gasteiger charge is 2.52. The number of amides is 1. The Morgan fingerprint density at radius 2 is 2.12 bits per heavy atom. The van der Waals surface area contributed by atoms with E-state index < -0.39 is 0 Å². The lowest BCUT2D eigenvalue weighted by atomic mass is 9.74. The van der Waals surface area contributed by atoms with Gasteiger partial charge in [0, 0.05) is 57.3 Å². The third-order valence-electron chi connectivity index (χ3n) is 5.76. The Labute approximate surface area is 146 Å². The molecule has 1 amide bonds. The lowest BCUT2D eigenvalue weighted by Crippen LogP contribution is -2.53. The predicted molar refractivity (Wildman–Crippen MR) is 92.7 cm³/mol. The molecule has 128 valence electrons. The molecule has 2 fully saturated rings. The van der Waals surface area contributed by atoms with E-state index in [0.29, 0.717) is 6.42 Å². The zero-order chi connectivity index (χ0) is 16.7. The van der Waals surface area contributed by atoms with Gasteiger partial charge in [-0.3, -0.25) is 14.4 Å². The van der Waals surface area contributed by atoms with Gasteiger partial charge in [0.05, 0.1) is 18.3 Å². The quantitative estimate of drug-likeness (QED) is 0.852. The molecule has 7 heteroatoms. The summed E-state index contributed by atoms with van der Waals surface area (Å²) < 4.78 is 1.84. The monoisotopic (exact) mass is 345 g/mol. The molecule has 1 atom stereocenters. The van der Waals surface area contributed by atoms with Crippen molar-refractivity contribution in [3.8, 4) is 0 Å². The molecule has 2 saturated heterocycles. The number of hydrogen-bond donors (Lipinski definition) is 0. The molecule has 0 radical (unpaired) electrons. The number of aryl methyl sites for hydroxylation is 1. The van der Waals surface area contributed by atoms with Gasteiger partial charge in [-0.2, -0.15) is 5.10 Å². The summed E-state index contributed by atoms with van der Waals surface area (Å²) in [6, 6.07) is 0. The van der Waals surface area contributed by atoms with Gasteiger partial charge < -0.3 is 4.90 Å². The Hall–Kier alpha value is -1.73. The van der Waals surface area contributed by atoms with E-state index >= 15 is 0 Å². The molecule has 2 aromatic rings. The molecular weight excluding hydrogens is 322 g/mol. The van der Waals surface area contributed by atoms with E-state index in [0.717, 1.165) is 32.5 Å². The summed E-state index contributed by atoms with van der Waals surface area (Å²) in [7, 11) is 3.92. The van der Waals surface area contributed by atoms with E-state index in [-0.39, 0.29) is 17.4 Å². The van der Waals surface area contributed by atoms with Gasteiger partial charge in [-0.15, -0.1) is 11.3 Å². The van der Waals surface area contributed by atoms with Gasteiger partial charge in [0.25, 0.3) is 0 Å². The maximum absolute atomic E-state index is 12.5. The maximum atomic E-state index is 12.5. The SMILES string of the molecule is CN1C(=O)CC(c2cnn(C)c2)C12CCN(Cc1nccs1)CC2. The molecule has 0 bridgehead atoms. The van der Waals surface area contributed by atoms with Gasteiger partial charge in [0.15, 0.2) is 0 Å². The third kappa shape index (κ3) is 2.56. The van der Waals surface area contributed by atoms with Crippen LogP contribution in [0.2, 0.25) is 0 Å². The molecule has 2 aliphatic rings. The second kappa shape index (κ2) is 5.97. The number of piperidine rings is 1. The number of likely N-dealkylation sites (tertiary alicyclic amines) is 2. The van der Waals surface area contributed by atoms with Crippen molar-refractivity contribution in [2.24, 2.45) is 7.05 Å². The molecule has 2 aliphatic heterocycles. The Bertz CT molecular complexity index is 717. The van der Waals surface area contributed by atoms with E-state index in [9.17, 15) is 4.79 Å². The Morgan fingerprint density at radius 1 is 1.33 bits per heavy atom. The van der Waals surface area contributed by atoms with Crippen LogP contribution in [0.15, 0.2) is 24.0 Å². The van der Waals surface area contributed by atoms with Crippen LogP contribution in [0, 0.1) is 0 Å². The fourth-order valence-electron chi connectivity index (χ4n) is 4.34. The summed E-state index contributed by atoms with van der Waals surface area (Å²) in [6.45, 7) is 2.94. The first kappa shape index (κ1) is 15.8. The van der Waals surface area contributed by atoms with Crippen LogP contribution in [0.5, 0.6) is 0 Å². The Balaban J connectivity index is 1.53. The molecule has 0 N–H and O–H groups in total. The molecule has 0 aliphatic carbocycles. The second-order valence-corrected chi connectivity index (χ2v) is 7.94. The standard InChI is InChI=1S/C17H23N5OS/c1-20-11-13(10-19-20)14-9-16(23)21(2)17(14)3-6-22(7-4-17)12-15-18-5-8-24-15/h5,8,10-11,14H,3-4,6-7,9,12H2,1-2H3. The molecular formula is C17H23N5OS. The third-order valence-corrected chi connectivity index (χ3v) is 6.53. The van der Waals surface area contributed by atoms with Crippen LogP contribution in [0.4, 0.5) is 0 Å². The number of aromatic nitrogens is 3. The highest BCUT2D eigenvalue weighted by atomic mass is 32.1. The number of likely N-dealkylation sites (N-methyl/N-ethyl adjacent to an activating group) is 1. The van der Waals surface area contributed by atoms with E-state index in [4.69, 9.17) is 0 Å². The van der Waals surface area contributed by atoms with Crippen molar-refractivity contribution in [3.63, 3.8) is 0 Å². The summed E-state index contributed by atoms with van der Waals surface area (Å²) in [6.07, 6.45) is 8.50. The number of carbonyl (C=O) groups is 1. The summed E-state index contributed by atoms with van der Waals surface area (Å²) in [5, 5.41) is 7.53. The molecule has 0 saturated carbocycles. The van der Waals surface area contributed by atoms with Crippen LogP contribution in [-0.4, -0.2) is 56.1 Å². The lowest BCUT2D eigenvalue weighted by molar-refractivity contribution is -0.130. The zero-order valence-electron chi connectivity index (χ0n) is 14.2. The van der Waals surface area contributed by atoms with Crippen molar-refractivity contribution >= 4 is 17.2 Å². The molecule has 1 unspecified atom stereocenters. The van der Waals surface area contributed by atoms with Crippen molar-refractivity contribution in [1.82, 2.24) is 24.6 Å². The van der Waals surface area contributed by atoms with Crippen LogP contribution in [0.25, 0.3) is 0 Å². The minimum Gasteiger partial charge on any atom is -0.339 e. The molecule has 4 heterocycles. The van der Waals surface area contributed by atoms with Crippen molar-refractivity contribution in [2.45, 2.75) is 37.3 Å². The number of thiazole rings is 1. The highest BCUT2D eigenvalue weighted by molar-refractivity contribution is 7.09. The summed E-state index contributed by atoms with van der Waals surface area (Å²) in [4.78, 5) is 21.3. The Morgan fingerprint density at radius 3 is 2.75 bits per heavy atom. The van der Waals surface area contributed by atoms with Crippen LogP contribution in [0.3, 0.4) is 0 Å². The highest BCUT2D eigenvalue weighted by Crippen LogP contribution is 2.48. The molecule has 6 nitrogen and oxygen atoms in total. The zero-order valence-corrected chi connectivity index (χ0v) is 15.0. The summed E-state index contributed by atoms with van der Waals surface area (Å²) in [5.41, 5.74) is 1.14. The van der Waals surface area contributed by atoms with Crippen LogP contribution in [-0.2, 0) is 18.4 Å². The molecule has 1 spiro atoms. The normalized spacial score (nSPS) is 24.2. The van der Waals surface area contributed by atoms with Gasteiger partial charge in [-0.05, 0) is 18.4 Å². The van der Waals surface area contributed by atoms with Crippen LogP contribution < -0.4 is 0 Å². The van der Waals surface area contributed by atoms with Crippen LogP contribution in [0.1, 0.15) is 35.8 Å². The van der Waals surface area contributed by atoms with Gasteiger partial charge in [-0.1, -0.05) is 0 Å². The summed E-state index contributed by atoms with van der Waals surface area (Å²) in [5.74, 6) is 0.517. The van der Waals surface area contributed by atoms with Gasteiger partial charge in [-0.25, -0.2) is 4.98 Å². The van der Waals surface area contributed by atoms with E-state index in [1.54, 1.807) is 11.3 Å². The fourth-order valence-corrected chi connectivity index (χ4v) is 4.99. The molecule has 0 aromatic carbocycles. The minimum atomic E-state index is -0.0561. The number of hydrogen-bond acceptors (Lipinski definition) is 5. The largest absolute Gasteiger partial charge is 0.339 e. The smallest absolute Gasteiger partial charge is 0.223 e. The van der Waals surface area contributed by atoms with Crippen molar-refractivity contribution < 1.29 is 4.79 Å². The molecule has 2 aromatic heterocycles. The van der Waals surface area contributed by atoms with Crippen molar-refractivity contribution in [3.05, 3.63) is 34.5 Å². The van der Waals surface area contributed by atoms with Gasteiger partial charge in [0.2, 0.25) is 5.91 Å². The predicted octanol–water partition coefficient (Wildman–Crippen LogP) is 1.86. The van der Waals surface area contributed by atoms with Crippen molar-refractivity contribution in [2.75, 3.05) is 20.1 Å². The first-order valence-corrected chi connectivity index (χ1v) is 9.32. The number of rotatable bonds is 3. The topological polar surface area (TPSA) is 54.3 Å². The number of carbonyl (C=O) groups excluding carboxylic acids is 1. The van der Waals surface area contributed by atoms with Gasteiger partial charge >= 0.3 is 0 Å². The van der Waals surface area contributed by atoms with E-state index in [1.165, 1.54) is 10.6 Å². The first-order valence-electron chi connectivity index (χ1n) is 8.44. The average molecular weight is 345 g/mol. The molecule has 4 rings (SSSR count). The average Bonchev–Trinajstić information content (AvgIpc) is 3.28. The fraction of sp³-hybridized carbons (Fsp3) is 0.588. The van der Waals surface area contributed by atoms with E-state index in [2.05, 4.69) is 21.2 Å². The summed E-state index contributed by atoms with van der Waals surface area (Å²) >= 11 is 1.71. The lowest BCUT2D eigenvalue weighted by Gasteiger charge is -2.46. The second-order valence-electron chi connectivity index (χ2n) is 6.96. The van der Waals surface area contributed by atoms with Crippen LogP contribution >= 0.6 is 11.3 Å².